The fourth-order valence-electron chi connectivity index (χ4n) is 2.88. The molecule has 1 N–H and O–H groups in total. The molecule has 0 amide bonds. The zero-order valence-corrected chi connectivity index (χ0v) is 11.1. The lowest BCUT2D eigenvalue weighted by Gasteiger charge is -2.40. The van der Waals surface area contributed by atoms with Gasteiger partial charge in [0.15, 0.2) is 0 Å². The van der Waals surface area contributed by atoms with E-state index in [4.69, 9.17) is 4.74 Å². The highest BCUT2D eigenvalue weighted by Gasteiger charge is 2.48. The molecule has 1 fully saturated rings. The summed E-state index contributed by atoms with van der Waals surface area (Å²) in [7, 11) is 0. The SMILES string of the molecule is Cc1ccc2c(c1)C(O)CC1(CCSC1C)O2. The Hall–Kier alpha value is -0.670. The zero-order valence-electron chi connectivity index (χ0n) is 10.3. The van der Waals surface area contributed by atoms with Crippen molar-refractivity contribution in [3.05, 3.63) is 29.3 Å². The van der Waals surface area contributed by atoms with Gasteiger partial charge in [-0.25, -0.2) is 0 Å². The number of hydrogen-bond acceptors (Lipinski definition) is 3. The molecule has 0 bridgehead atoms. The lowest BCUT2D eigenvalue weighted by atomic mass is 9.84. The summed E-state index contributed by atoms with van der Waals surface area (Å²) in [6.07, 6.45) is 1.40. The molecule has 1 spiro atoms. The van der Waals surface area contributed by atoms with Gasteiger partial charge in [0.05, 0.1) is 6.10 Å². The molecule has 0 radical (unpaired) electrons. The molecule has 3 rings (SSSR count). The van der Waals surface area contributed by atoms with Gasteiger partial charge in [-0.1, -0.05) is 11.6 Å². The van der Waals surface area contributed by atoms with Gasteiger partial charge in [0.25, 0.3) is 0 Å². The van der Waals surface area contributed by atoms with Crippen molar-refractivity contribution in [3.8, 4) is 5.75 Å². The van der Waals surface area contributed by atoms with Crippen LogP contribution in [0.15, 0.2) is 18.2 Å². The highest BCUT2D eigenvalue weighted by Crippen LogP contribution is 2.49. The van der Waals surface area contributed by atoms with Gasteiger partial charge < -0.3 is 9.84 Å². The van der Waals surface area contributed by atoms with Crippen molar-refractivity contribution in [2.24, 2.45) is 0 Å². The maximum atomic E-state index is 10.3. The Morgan fingerprint density at radius 2 is 2.29 bits per heavy atom. The minimum Gasteiger partial charge on any atom is -0.486 e. The van der Waals surface area contributed by atoms with Gasteiger partial charge in [-0.3, -0.25) is 0 Å². The standard InChI is InChI=1S/C14H18O2S/c1-9-3-4-13-11(7-9)12(15)8-14(16-13)5-6-17-10(14)2/h3-4,7,10,12,15H,5-6,8H2,1-2H3. The number of benzene rings is 1. The first kappa shape index (κ1) is 11.4. The van der Waals surface area contributed by atoms with Crippen molar-refractivity contribution in [2.45, 2.75) is 43.6 Å². The fraction of sp³-hybridized carbons (Fsp3) is 0.571. The molecule has 0 aromatic heterocycles. The van der Waals surface area contributed by atoms with Crippen LogP contribution < -0.4 is 4.74 Å². The molecule has 2 aliphatic heterocycles. The molecule has 17 heavy (non-hydrogen) atoms. The molecule has 92 valence electrons. The molecular formula is C14H18O2S. The number of aliphatic hydroxyl groups is 1. The van der Waals surface area contributed by atoms with Crippen LogP contribution in [0.25, 0.3) is 0 Å². The Morgan fingerprint density at radius 1 is 1.47 bits per heavy atom. The van der Waals surface area contributed by atoms with Gasteiger partial charge in [0.1, 0.15) is 11.4 Å². The summed E-state index contributed by atoms with van der Waals surface area (Å²) in [4.78, 5) is 0. The van der Waals surface area contributed by atoms with Crippen molar-refractivity contribution in [3.63, 3.8) is 0 Å². The molecular weight excluding hydrogens is 232 g/mol. The molecule has 3 unspecified atom stereocenters. The number of ether oxygens (including phenoxy) is 1. The third-order valence-electron chi connectivity index (χ3n) is 4.01. The smallest absolute Gasteiger partial charge is 0.126 e. The fourth-order valence-corrected chi connectivity index (χ4v) is 4.27. The highest BCUT2D eigenvalue weighted by atomic mass is 32.2. The second kappa shape index (κ2) is 3.92. The molecule has 2 heterocycles. The van der Waals surface area contributed by atoms with Crippen molar-refractivity contribution >= 4 is 11.8 Å². The average molecular weight is 250 g/mol. The van der Waals surface area contributed by atoms with E-state index in [2.05, 4.69) is 13.0 Å². The van der Waals surface area contributed by atoms with Crippen LogP contribution >= 0.6 is 11.8 Å². The normalized spacial score (nSPS) is 35.7. The van der Waals surface area contributed by atoms with Crippen LogP contribution in [0.2, 0.25) is 0 Å². The van der Waals surface area contributed by atoms with E-state index in [0.717, 1.165) is 29.9 Å². The number of aliphatic hydroxyl groups excluding tert-OH is 1. The van der Waals surface area contributed by atoms with E-state index in [1.165, 1.54) is 5.56 Å². The second-order valence-electron chi connectivity index (χ2n) is 5.19. The number of fused-ring (bicyclic) bond motifs is 1. The average Bonchev–Trinajstić information content (AvgIpc) is 2.62. The summed E-state index contributed by atoms with van der Waals surface area (Å²) in [5.41, 5.74) is 1.99. The summed E-state index contributed by atoms with van der Waals surface area (Å²) in [6, 6.07) is 6.10. The van der Waals surface area contributed by atoms with Crippen molar-refractivity contribution in [2.75, 3.05) is 5.75 Å². The van der Waals surface area contributed by atoms with Crippen LogP contribution in [0.5, 0.6) is 5.75 Å². The van der Waals surface area contributed by atoms with E-state index in [9.17, 15) is 5.11 Å². The van der Waals surface area contributed by atoms with E-state index in [0.29, 0.717) is 5.25 Å². The molecule has 1 saturated heterocycles. The molecule has 0 saturated carbocycles. The van der Waals surface area contributed by atoms with Gasteiger partial charge in [0.2, 0.25) is 0 Å². The first-order chi connectivity index (χ1) is 8.11. The van der Waals surface area contributed by atoms with Crippen molar-refractivity contribution in [1.82, 2.24) is 0 Å². The topological polar surface area (TPSA) is 29.5 Å². The zero-order chi connectivity index (χ0) is 12.0. The van der Waals surface area contributed by atoms with E-state index < -0.39 is 0 Å². The van der Waals surface area contributed by atoms with Crippen LogP contribution in [-0.2, 0) is 0 Å². The van der Waals surface area contributed by atoms with E-state index in [1.54, 1.807) is 0 Å². The van der Waals surface area contributed by atoms with Gasteiger partial charge in [-0.05, 0) is 38.2 Å². The molecule has 3 heteroatoms. The molecule has 3 atom stereocenters. The van der Waals surface area contributed by atoms with E-state index in [1.807, 2.05) is 30.8 Å². The van der Waals surface area contributed by atoms with Crippen LogP contribution in [0.1, 0.15) is 37.0 Å². The summed E-state index contributed by atoms with van der Waals surface area (Å²) in [5.74, 6) is 2.01. The maximum Gasteiger partial charge on any atom is 0.126 e. The predicted molar refractivity (Wildman–Crippen MR) is 70.7 cm³/mol. The monoisotopic (exact) mass is 250 g/mol. The van der Waals surface area contributed by atoms with Crippen molar-refractivity contribution < 1.29 is 9.84 Å². The van der Waals surface area contributed by atoms with E-state index >= 15 is 0 Å². The third-order valence-corrected chi connectivity index (χ3v) is 5.38. The third kappa shape index (κ3) is 1.76. The van der Waals surface area contributed by atoms with Crippen LogP contribution in [0, 0.1) is 6.92 Å². The summed E-state index contributed by atoms with van der Waals surface area (Å²) in [5, 5.41) is 10.8. The number of hydrogen-bond donors (Lipinski definition) is 1. The molecule has 2 nitrogen and oxygen atoms in total. The Bertz CT molecular complexity index is 446. The summed E-state index contributed by atoms with van der Waals surface area (Å²) >= 11 is 1.95. The van der Waals surface area contributed by atoms with Crippen molar-refractivity contribution in [1.29, 1.82) is 0 Å². The number of rotatable bonds is 0. The van der Waals surface area contributed by atoms with Crippen LogP contribution in [0.4, 0.5) is 0 Å². The lowest BCUT2D eigenvalue weighted by molar-refractivity contribution is -0.0103. The van der Waals surface area contributed by atoms with E-state index in [-0.39, 0.29) is 11.7 Å². The lowest BCUT2D eigenvalue weighted by Crippen LogP contribution is -2.45. The largest absolute Gasteiger partial charge is 0.486 e. The number of thioether (sulfide) groups is 1. The molecule has 2 aliphatic rings. The van der Waals surface area contributed by atoms with Crippen LogP contribution in [-0.4, -0.2) is 21.7 Å². The minimum absolute atomic E-state index is 0.146. The Morgan fingerprint density at radius 3 is 3.00 bits per heavy atom. The summed E-state index contributed by atoms with van der Waals surface area (Å²) in [6.45, 7) is 4.26. The first-order valence-corrected chi connectivity index (χ1v) is 7.25. The Labute approximate surface area is 106 Å². The quantitative estimate of drug-likeness (QED) is 0.767. The summed E-state index contributed by atoms with van der Waals surface area (Å²) < 4.78 is 6.24. The Kier molecular flexibility index (Phi) is 2.64. The molecule has 1 aromatic rings. The minimum atomic E-state index is -0.375. The van der Waals surface area contributed by atoms with Crippen LogP contribution in [0.3, 0.4) is 0 Å². The first-order valence-electron chi connectivity index (χ1n) is 6.20. The molecule has 0 aliphatic carbocycles. The Balaban J connectivity index is 2.01. The number of aryl methyl sites for hydroxylation is 1. The molecule has 1 aromatic carbocycles. The van der Waals surface area contributed by atoms with Gasteiger partial charge in [-0.2, -0.15) is 11.8 Å². The van der Waals surface area contributed by atoms with Gasteiger partial charge in [-0.15, -0.1) is 0 Å². The predicted octanol–water partition coefficient (Wildman–Crippen LogP) is 3.08. The maximum absolute atomic E-state index is 10.3. The van der Waals surface area contributed by atoms with Gasteiger partial charge >= 0.3 is 0 Å². The van der Waals surface area contributed by atoms with Gasteiger partial charge in [0, 0.05) is 17.2 Å². The highest BCUT2D eigenvalue weighted by molar-refractivity contribution is 8.00. The second-order valence-corrected chi connectivity index (χ2v) is 6.64.